The molecule has 0 saturated carbocycles. The first kappa shape index (κ1) is 20.0. The van der Waals surface area contributed by atoms with Gasteiger partial charge in [0, 0.05) is 12.6 Å². The average Bonchev–Trinajstić information content (AvgIpc) is 3.02. The summed E-state index contributed by atoms with van der Waals surface area (Å²) >= 11 is 0. The number of hydrogen-bond donors (Lipinski definition) is 0. The molecule has 1 aliphatic rings. The minimum atomic E-state index is -3.75. The molecular formula is C20H25NO4S2. The highest BCUT2D eigenvalue weighted by Gasteiger charge is 2.39. The first-order valence-electron chi connectivity index (χ1n) is 9.00. The van der Waals surface area contributed by atoms with Crippen LogP contribution in [0.2, 0.25) is 0 Å². The molecule has 5 nitrogen and oxygen atoms in total. The van der Waals surface area contributed by atoms with Crippen molar-refractivity contribution in [2.45, 2.75) is 49.4 Å². The first-order valence-corrected chi connectivity index (χ1v) is 12.1. The number of rotatable bonds is 5. The molecule has 0 amide bonds. The molecule has 1 unspecified atom stereocenters. The van der Waals surface area contributed by atoms with E-state index in [1.807, 2.05) is 19.1 Å². The smallest absolute Gasteiger partial charge is 0.224 e. The average molecular weight is 408 g/mol. The zero-order valence-corrected chi connectivity index (χ0v) is 17.5. The maximum absolute atomic E-state index is 13.4. The summed E-state index contributed by atoms with van der Waals surface area (Å²) in [6.07, 6.45) is 1.22. The Kier molecular flexibility index (Phi) is 5.47. The molecule has 27 heavy (non-hydrogen) atoms. The van der Waals surface area contributed by atoms with Gasteiger partial charge in [0.25, 0.3) is 0 Å². The summed E-state index contributed by atoms with van der Waals surface area (Å²) in [6, 6.07) is 11.4. The maximum atomic E-state index is 13.4. The highest BCUT2D eigenvalue weighted by atomic mass is 32.2. The van der Waals surface area contributed by atoms with Crippen LogP contribution in [-0.4, -0.2) is 39.5 Å². The van der Waals surface area contributed by atoms with Crippen molar-refractivity contribution in [3.8, 4) is 0 Å². The number of benzene rings is 2. The molecule has 1 heterocycles. The van der Waals surface area contributed by atoms with Gasteiger partial charge in [0.1, 0.15) is 0 Å². The highest BCUT2D eigenvalue weighted by Crippen LogP contribution is 2.31. The predicted molar refractivity (Wildman–Crippen MR) is 106 cm³/mol. The van der Waals surface area contributed by atoms with Crippen molar-refractivity contribution in [1.29, 1.82) is 0 Å². The standard InChI is InChI=1S/C20H25NO4S2/c1-15-12-16(2)20(17(3)13-15)27(24,25)21-11-7-8-18(21)14-26(22,23)19-9-5-4-6-10-19/h4-6,9-10,12-13,18H,7-8,11,14H2,1-3H3. The number of sulfonamides is 1. The van der Waals surface area contributed by atoms with E-state index in [2.05, 4.69) is 0 Å². The van der Waals surface area contributed by atoms with E-state index in [-0.39, 0.29) is 10.6 Å². The van der Waals surface area contributed by atoms with Crippen LogP contribution in [0.4, 0.5) is 0 Å². The fourth-order valence-corrected chi connectivity index (χ4v) is 7.78. The van der Waals surface area contributed by atoms with Crippen LogP contribution in [0.1, 0.15) is 29.5 Å². The van der Waals surface area contributed by atoms with Gasteiger partial charge in [-0.1, -0.05) is 35.9 Å². The Bertz CT molecular complexity index is 1020. The lowest BCUT2D eigenvalue weighted by molar-refractivity contribution is 0.407. The van der Waals surface area contributed by atoms with Crippen LogP contribution in [0.3, 0.4) is 0 Å². The van der Waals surface area contributed by atoms with Gasteiger partial charge in [0.15, 0.2) is 9.84 Å². The van der Waals surface area contributed by atoms with Crippen molar-refractivity contribution >= 4 is 19.9 Å². The van der Waals surface area contributed by atoms with Crippen molar-refractivity contribution in [3.05, 3.63) is 59.2 Å². The molecule has 0 spiro atoms. The van der Waals surface area contributed by atoms with Crippen molar-refractivity contribution in [2.75, 3.05) is 12.3 Å². The molecule has 2 aromatic carbocycles. The Labute approximate surface area is 162 Å². The Morgan fingerprint density at radius 1 is 0.963 bits per heavy atom. The van der Waals surface area contributed by atoms with Crippen LogP contribution in [0, 0.1) is 20.8 Å². The van der Waals surface area contributed by atoms with Crippen molar-refractivity contribution in [3.63, 3.8) is 0 Å². The Balaban J connectivity index is 1.95. The van der Waals surface area contributed by atoms with Crippen LogP contribution in [0.15, 0.2) is 52.3 Å². The normalized spacial score (nSPS) is 18.7. The second kappa shape index (κ2) is 7.37. The monoisotopic (exact) mass is 407 g/mol. The quantitative estimate of drug-likeness (QED) is 0.763. The second-order valence-corrected chi connectivity index (χ2v) is 11.1. The van der Waals surface area contributed by atoms with Gasteiger partial charge in [-0.3, -0.25) is 0 Å². The van der Waals surface area contributed by atoms with Gasteiger partial charge in [-0.2, -0.15) is 4.31 Å². The molecule has 0 aliphatic carbocycles. The number of sulfone groups is 1. The molecule has 0 radical (unpaired) electrons. The van der Waals surface area contributed by atoms with E-state index in [1.165, 1.54) is 4.31 Å². The maximum Gasteiger partial charge on any atom is 0.243 e. The topological polar surface area (TPSA) is 71.5 Å². The molecular weight excluding hydrogens is 382 g/mol. The molecule has 1 aliphatic heterocycles. The van der Waals surface area contributed by atoms with E-state index < -0.39 is 25.9 Å². The molecule has 1 saturated heterocycles. The lowest BCUT2D eigenvalue weighted by Crippen LogP contribution is -2.40. The fraction of sp³-hybridized carbons (Fsp3) is 0.400. The van der Waals surface area contributed by atoms with E-state index in [0.717, 1.165) is 5.56 Å². The summed E-state index contributed by atoms with van der Waals surface area (Å²) in [6.45, 7) is 5.86. The molecule has 2 aromatic rings. The van der Waals surface area contributed by atoms with E-state index >= 15 is 0 Å². The van der Waals surface area contributed by atoms with Crippen LogP contribution in [-0.2, 0) is 19.9 Å². The molecule has 0 bridgehead atoms. The van der Waals surface area contributed by atoms with Crippen molar-refractivity contribution in [1.82, 2.24) is 4.31 Å². The summed E-state index contributed by atoms with van der Waals surface area (Å²) in [5, 5.41) is 0. The van der Waals surface area contributed by atoms with Crippen molar-refractivity contribution in [2.24, 2.45) is 0 Å². The molecule has 1 fully saturated rings. The Hall–Kier alpha value is -1.70. The van der Waals surface area contributed by atoms with E-state index in [4.69, 9.17) is 0 Å². The summed E-state index contributed by atoms with van der Waals surface area (Å²) in [4.78, 5) is 0.536. The Morgan fingerprint density at radius 3 is 2.15 bits per heavy atom. The van der Waals surface area contributed by atoms with E-state index in [1.54, 1.807) is 44.2 Å². The van der Waals surface area contributed by atoms with E-state index in [0.29, 0.717) is 35.4 Å². The third-order valence-corrected chi connectivity index (χ3v) is 9.08. The zero-order chi connectivity index (χ0) is 19.8. The number of hydrogen-bond acceptors (Lipinski definition) is 4. The molecule has 7 heteroatoms. The van der Waals surface area contributed by atoms with E-state index in [9.17, 15) is 16.8 Å². The highest BCUT2D eigenvalue weighted by molar-refractivity contribution is 7.91. The van der Waals surface area contributed by atoms with Crippen LogP contribution in [0.5, 0.6) is 0 Å². The summed E-state index contributed by atoms with van der Waals surface area (Å²) in [5.74, 6) is -0.194. The van der Waals surface area contributed by atoms with Crippen LogP contribution >= 0.6 is 0 Å². The van der Waals surface area contributed by atoms with Gasteiger partial charge >= 0.3 is 0 Å². The van der Waals surface area contributed by atoms with Gasteiger partial charge in [-0.25, -0.2) is 16.8 Å². The van der Waals surface area contributed by atoms with Gasteiger partial charge in [0.2, 0.25) is 10.0 Å². The fourth-order valence-electron chi connectivity index (χ4n) is 3.96. The third kappa shape index (κ3) is 3.95. The lowest BCUT2D eigenvalue weighted by Gasteiger charge is -2.26. The SMILES string of the molecule is Cc1cc(C)c(S(=O)(=O)N2CCCC2CS(=O)(=O)c2ccccc2)c(C)c1. The van der Waals surface area contributed by atoms with Crippen LogP contribution in [0.25, 0.3) is 0 Å². The second-order valence-electron chi connectivity index (χ2n) is 7.23. The minimum absolute atomic E-state index is 0.194. The molecule has 0 N–H and O–H groups in total. The first-order chi connectivity index (χ1) is 12.6. The molecule has 0 aromatic heterocycles. The molecule has 1 atom stereocenters. The van der Waals surface area contributed by atoms with Gasteiger partial charge < -0.3 is 0 Å². The molecule has 3 rings (SSSR count). The molecule has 146 valence electrons. The Morgan fingerprint density at radius 2 is 1.56 bits per heavy atom. The number of nitrogens with zero attached hydrogens (tertiary/aromatic N) is 1. The largest absolute Gasteiger partial charge is 0.243 e. The van der Waals surface area contributed by atoms with Crippen molar-refractivity contribution < 1.29 is 16.8 Å². The number of aryl methyl sites for hydroxylation is 3. The minimum Gasteiger partial charge on any atom is -0.224 e. The van der Waals surface area contributed by atoms with Crippen LogP contribution < -0.4 is 0 Å². The lowest BCUT2D eigenvalue weighted by atomic mass is 10.1. The summed E-state index contributed by atoms with van der Waals surface area (Å²) < 4.78 is 53.6. The summed E-state index contributed by atoms with van der Waals surface area (Å²) in [7, 11) is -7.30. The van der Waals surface area contributed by atoms with Gasteiger partial charge in [0.05, 0.1) is 15.5 Å². The summed E-state index contributed by atoms with van der Waals surface area (Å²) in [5.41, 5.74) is 2.40. The van der Waals surface area contributed by atoms with Gasteiger partial charge in [-0.15, -0.1) is 0 Å². The predicted octanol–water partition coefficient (Wildman–Crippen LogP) is 3.24. The third-order valence-electron chi connectivity index (χ3n) is 5.01. The van der Waals surface area contributed by atoms with Gasteiger partial charge in [-0.05, 0) is 56.9 Å². The zero-order valence-electron chi connectivity index (χ0n) is 15.8.